The number of unbranched alkanes of at least 4 members (excludes halogenated alkanes) is 2. The van der Waals surface area contributed by atoms with E-state index in [4.69, 9.17) is 5.73 Å². The molecule has 0 radical (unpaired) electrons. The molecule has 0 fully saturated rings. The van der Waals surface area contributed by atoms with E-state index in [-0.39, 0.29) is 5.11 Å². The molecular formula is C8H17N3S. The largest absolute Gasteiger partial charge is 0.375 e. The van der Waals surface area contributed by atoms with Gasteiger partial charge in [0.1, 0.15) is 0 Å². The summed E-state index contributed by atoms with van der Waals surface area (Å²) in [6, 6.07) is 0. The molecule has 3 N–H and O–H groups in total. The monoisotopic (exact) mass is 187 g/mol. The number of rotatable bonds is 5. The number of thiocarbonyl (C=S) groups is 1. The Hall–Kier alpha value is -0.640. The summed E-state index contributed by atoms with van der Waals surface area (Å²) in [6.45, 7) is 4.15. The van der Waals surface area contributed by atoms with Gasteiger partial charge in [-0.25, -0.2) is 0 Å². The average Bonchev–Trinajstić information content (AvgIpc) is 2.01. The van der Waals surface area contributed by atoms with Crippen molar-refractivity contribution in [2.24, 2.45) is 10.8 Å². The summed E-state index contributed by atoms with van der Waals surface area (Å²) in [5, 5.41) is 4.22. The highest BCUT2D eigenvalue weighted by atomic mass is 32.1. The van der Waals surface area contributed by atoms with E-state index in [1.54, 1.807) is 0 Å². The number of nitrogens with two attached hydrogens (primary N) is 1. The minimum Gasteiger partial charge on any atom is -0.375 e. The van der Waals surface area contributed by atoms with E-state index in [1.165, 1.54) is 19.3 Å². The number of nitrogens with zero attached hydrogens (tertiary/aromatic N) is 1. The highest BCUT2D eigenvalue weighted by Gasteiger charge is 1.91. The summed E-state index contributed by atoms with van der Waals surface area (Å²) in [6.07, 6.45) is 4.68. The van der Waals surface area contributed by atoms with E-state index >= 15 is 0 Å². The first-order chi connectivity index (χ1) is 5.66. The molecule has 0 saturated carbocycles. The normalized spacial score (nSPS) is 11.3. The van der Waals surface area contributed by atoms with E-state index in [0.29, 0.717) is 0 Å². The average molecular weight is 187 g/mol. The smallest absolute Gasteiger partial charge is 0.184 e. The maximum absolute atomic E-state index is 5.21. The predicted octanol–water partition coefficient (Wildman–Crippen LogP) is 1.78. The lowest BCUT2D eigenvalue weighted by molar-refractivity contribution is 0.738. The van der Waals surface area contributed by atoms with Gasteiger partial charge in [-0.15, -0.1) is 0 Å². The molecule has 0 bridgehead atoms. The molecule has 0 spiro atoms. The van der Waals surface area contributed by atoms with Gasteiger partial charge in [-0.3, -0.25) is 5.43 Å². The quantitative estimate of drug-likeness (QED) is 0.298. The van der Waals surface area contributed by atoms with Gasteiger partial charge in [0, 0.05) is 5.71 Å². The van der Waals surface area contributed by atoms with E-state index < -0.39 is 0 Å². The van der Waals surface area contributed by atoms with Gasteiger partial charge in [-0.1, -0.05) is 19.8 Å². The molecule has 3 nitrogen and oxygen atoms in total. The molecule has 0 amide bonds. The summed E-state index contributed by atoms with van der Waals surface area (Å²) in [7, 11) is 0. The fourth-order valence-corrected chi connectivity index (χ4v) is 0.883. The summed E-state index contributed by atoms with van der Waals surface area (Å²) in [5.41, 5.74) is 8.83. The standard InChI is InChI=1S/C8H17N3S/c1-3-4-5-6-7(2)10-11-8(9)12/h3-6H2,1-2H3,(H3,9,11,12)/b10-7+. The molecule has 0 aliphatic heterocycles. The van der Waals surface area contributed by atoms with Crippen molar-refractivity contribution in [2.75, 3.05) is 0 Å². The van der Waals surface area contributed by atoms with Crippen molar-refractivity contribution in [3.8, 4) is 0 Å². The Morgan fingerprint density at radius 3 is 2.67 bits per heavy atom. The Kier molecular flexibility index (Phi) is 6.66. The molecule has 0 aromatic heterocycles. The number of nitrogens with one attached hydrogen (secondary N) is 1. The van der Waals surface area contributed by atoms with Gasteiger partial charge < -0.3 is 5.73 Å². The fourth-order valence-electron chi connectivity index (χ4n) is 0.837. The topological polar surface area (TPSA) is 50.4 Å². The number of hydrazone groups is 1. The van der Waals surface area contributed by atoms with Crippen molar-refractivity contribution >= 4 is 23.0 Å². The molecule has 12 heavy (non-hydrogen) atoms. The lowest BCUT2D eigenvalue weighted by Gasteiger charge is -2.00. The summed E-state index contributed by atoms with van der Waals surface area (Å²) < 4.78 is 0. The van der Waals surface area contributed by atoms with Crippen LogP contribution in [0.25, 0.3) is 0 Å². The predicted molar refractivity (Wildman–Crippen MR) is 57.2 cm³/mol. The van der Waals surface area contributed by atoms with Crippen LogP contribution in [0.5, 0.6) is 0 Å². The van der Waals surface area contributed by atoms with Crippen molar-refractivity contribution in [1.29, 1.82) is 0 Å². The molecule has 0 aromatic carbocycles. The third-order valence-electron chi connectivity index (χ3n) is 1.50. The molecule has 70 valence electrons. The van der Waals surface area contributed by atoms with Crippen molar-refractivity contribution in [3.05, 3.63) is 0 Å². The van der Waals surface area contributed by atoms with Crippen LogP contribution in [0.3, 0.4) is 0 Å². The maximum atomic E-state index is 5.21. The van der Waals surface area contributed by atoms with Gasteiger partial charge in [0.2, 0.25) is 0 Å². The fraction of sp³-hybridized carbons (Fsp3) is 0.750. The SMILES string of the molecule is CCCCC/C(C)=N/NC(N)=S. The highest BCUT2D eigenvalue weighted by Crippen LogP contribution is 1.99. The van der Waals surface area contributed by atoms with Crippen LogP contribution in [-0.4, -0.2) is 10.8 Å². The van der Waals surface area contributed by atoms with Gasteiger partial charge in [-0.05, 0) is 32.0 Å². The zero-order valence-corrected chi connectivity index (χ0v) is 8.58. The van der Waals surface area contributed by atoms with Gasteiger partial charge in [0.15, 0.2) is 5.11 Å². The summed E-state index contributed by atoms with van der Waals surface area (Å²) in [4.78, 5) is 0. The van der Waals surface area contributed by atoms with Gasteiger partial charge in [-0.2, -0.15) is 5.10 Å². The third-order valence-corrected chi connectivity index (χ3v) is 1.59. The Morgan fingerprint density at radius 1 is 1.50 bits per heavy atom. The Balaban J connectivity index is 3.49. The van der Waals surface area contributed by atoms with Crippen molar-refractivity contribution in [1.82, 2.24) is 5.43 Å². The second-order valence-electron chi connectivity index (χ2n) is 2.78. The van der Waals surface area contributed by atoms with E-state index in [9.17, 15) is 0 Å². The van der Waals surface area contributed by atoms with E-state index in [0.717, 1.165) is 12.1 Å². The first kappa shape index (κ1) is 11.4. The minimum atomic E-state index is 0.227. The summed E-state index contributed by atoms with van der Waals surface area (Å²) in [5.74, 6) is 0. The van der Waals surface area contributed by atoms with Crippen LogP contribution >= 0.6 is 12.2 Å². The number of hydrogen-bond donors (Lipinski definition) is 2. The molecule has 0 rings (SSSR count). The second kappa shape index (κ2) is 7.03. The molecule has 4 heteroatoms. The lowest BCUT2D eigenvalue weighted by atomic mass is 10.1. The van der Waals surface area contributed by atoms with Crippen LogP contribution < -0.4 is 11.2 Å². The second-order valence-corrected chi connectivity index (χ2v) is 3.22. The lowest BCUT2D eigenvalue weighted by Crippen LogP contribution is -2.25. The Morgan fingerprint density at radius 2 is 2.17 bits per heavy atom. The molecule has 0 aliphatic carbocycles. The summed E-state index contributed by atoms with van der Waals surface area (Å²) >= 11 is 4.61. The van der Waals surface area contributed by atoms with E-state index in [2.05, 4.69) is 29.7 Å². The third kappa shape index (κ3) is 7.47. The molecular weight excluding hydrogens is 170 g/mol. The molecule has 0 aliphatic rings. The van der Waals surface area contributed by atoms with Crippen molar-refractivity contribution in [2.45, 2.75) is 39.5 Å². The Labute approximate surface area is 79.4 Å². The van der Waals surface area contributed by atoms with Crippen LogP contribution in [-0.2, 0) is 0 Å². The van der Waals surface area contributed by atoms with Crippen LogP contribution in [0, 0.1) is 0 Å². The van der Waals surface area contributed by atoms with Crippen LogP contribution in [0.4, 0.5) is 0 Å². The van der Waals surface area contributed by atoms with Crippen LogP contribution in [0.15, 0.2) is 5.10 Å². The van der Waals surface area contributed by atoms with Gasteiger partial charge in [0.25, 0.3) is 0 Å². The first-order valence-electron chi connectivity index (χ1n) is 4.25. The van der Waals surface area contributed by atoms with Gasteiger partial charge in [0.05, 0.1) is 0 Å². The molecule has 0 aromatic rings. The molecule has 0 heterocycles. The molecule has 0 unspecified atom stereocenters. The maximum Gasteiger partial charge on any atom is 0.184 e. The number of hydrogen-bond acceptors (Lipinski definition) is 2. The van der Waals surface area contributed by atoms with Gasteiger partial charge >= 0.3 is 0 Å². The van der Waals surface area contributed by atoms with Crippen LogP contribution in [0.1, 0.15) is 39.5 Å². The highest BCUT2D eigenvalue weighted by molar-refractivity contribution is 7.80. The zero-order chi connectivity index (χ0) is 9.40. The van der Waals surface area contributed by atoms with Crippen molar-refractivity contribution in [3.63, 3.8) is 0 Å². The first-order valence-corrected chi connectivity index (χ1v) is 4.66. The minimum absolute atomic E-state index is 0.227. The molecule has 0 saturated heterocycles. The zero-order valence-electron chi connectivity index (χ0n) is 7.76. The molecule has 0 atom stereocenters. The Bertz CT molecular complexity index is 166. The van der Waals surface area contributed by atoms with Crippen LogP contribution in [0.2, 0.25) is 0 Å². The van der Waals surface area contributed by atoms with E-state index in [1.807, 2.05) is 6.92 Å². The van der Waals surface area contributed by atoms with Crippen molar-refractivity contribution < 1.29 is 0 Å².